The smallest absolute Gasteiger partial charge is 0.270 e. The predicted octanol–water partition coefficient (Wildman–Crippen LogP) is 2.90. The molecule has 1 aromatic carbocycles. The molecule has 1 N–H and O–H groups in total. The number of amidine groups is 1. The quantitative estimate of drug-likeness (QED) is 0.797. The van der Waals surface area contributed by atoms with Crippen molar-refractivity contribution >= 4 is 46.9 Å². The number of carbonyl (C=O) groups is 2. The lowest BCUT2D eigenvalue weighted by atomic mass is 10.1. The molecule has 2 aromatic rings. The summed E-state index contributed by atoms with van der Waals surface area (Å²) < 4.78 is 1.83. The van der Waals surface area contributed by atoms with E-state index in [2.05, 4.69) is 9.98 Å². The molecule has 7 nitrogen and oxygen atoms in total. The van der Waals surface area contributed by atoms with Crippen LogP contribution in [0.5, 0.6) is 0 Å². The number of fused-ring (bicyclic) bond motifs is 3. The van der Waals surface area contributed by atoms with Gasteiger partial charge in [-0.25, -0.2) is 14.3 Å². The topological polar surface area (TPSA) is 72.7 Å². The summed E-state index contributed by atoms with van der Waals surface area (Å²) in [5.41, 5.74) is 2.49. The Bertz CT molecular complexity index is 997. The maximum absolute atomic E-state index is 13.2. The van der Waals surface area contributed by atoms with Crippen molar-refractivity contribution in [2.24, 2.45) is 4.99 Å². The first-order valence-electron chi connectivity index (χ1n) is 8.02. The third kappa shape index (κ3) is 2.34. The number of H-pyrrole nitrogens is 1. The number of aromatic amines is 1. The molecule has 4 rings (SSSR count). The van der Waals surface area contributed by atoms with Crippen molar-refractivity contribution in [3.8, 4) is 0 Å². The van der Waals surface area contributed by atoms with E-state index in [1.54, 1.807) is 25.2 Å². The Morgan fingerprint density at radius 2 is 2.00 bits per heavy atom. The summed E-state index contributed by atoms with van der Waals surface area (Å²) in [6, 6.07) is 3.89. The molecule has 1 saturated heterocycles. The molecule has 0 aliphatic carbocycles. The van der Waals surface area contributed by atoms with E-state index < -0.39 is 12.1 Å². The normalized spacial score (nSPS) is 19.0. The van der Waals surface area contributed by atoms with Gasteiger partial charge in [0.15, 0.2) is 0 Å². The van der Waals surface area contributed by atoms with Gasteiger partial charge in [0, 0.05) is 17.1 Å². The number of aryl methyl sites for hydroxylation is 1. The number of aromatic nitrogens is 2. The van der Waals surface area contributed by atoms with Gasteiger partial charge >= 0.3 is 12.0 Å². The molecular weight excluding hydrogens is 377 g/mol. The molecule has 9 heteroatoms. The first-order chi connectivity index (χ1) is 12.3. The number of imide groups is 1. The van der Waals surface area contributed by atoms with E-state index in [1.165, 1.54) is 9.80 Å². The van der Waals surface area contributed by atoms with Crippen LogP contribution in [-0.4, -0.2) is 39.6 Å². The second-order valence-electron chi connectivity index (χ2n) is 6.40. The minimum atomic E-state index is -0.663. The highest BCUT2D eigenvalue weighted by Crippen LogP contribution is 2.30. The van der Waals surface area contributed by atoms with E-state index in [-0.39, 0.29) is 12.5 Å². The Kier molecular flexibility index (Phi) is 3.82. The van der Waals surface area contributed by atoms with Crippen LogP contribution in [0.25, 0.3) is 0 Å². The minimum Gasteiger partial charge on any atom is -0.270 e. The summed E-state index contributed by atoms with van der Waals surface area (Å²) >= 11 is 12.1. The molecule has 3 heterocycles. The van der Waals surface area contributed by atoms with Crippen molar-refractivity contribution in [3.05, 3.63) is 45.2 Å². The fourth-order valence-corrected chi connectivity index (χ4v) is 3.78. The number of amides is 3. The van der Waals surface area contributed by atoms with Crippen LogP contribution >= 0.6 is 23.2 Å². The molecule has 2 aliphatic rings. The van der Waals surface area contributed by atoms with Crippen molar-refractivity contribution in [2.45, 2.75) is 26.4 Å². The SMILES string of the molecule is Cc1[nH]c2[n+](c1C)C1C(=O)N(Cc3ccc(Cl)cc3Cl)C(=O)N(C)C1=N2. The van der Waals surface area contributed by atoms with Crippen molar-refractivity contribution in [1.29, 1.82) is 0 Å². The van der Waals surface area contributed by atoms with E-state index in [0.717, 1.165) is 11.4 Å². The summed E-state index contributed by atoms with van der Waals surface area (Å²) in [7, 11) is 1.62. The Balaban J connectivity index is 1.74. The molecule has 0 saturated carbocycles. The van der Waals surface area contributed by atoms with E-state index >= 15 is 0 Å². The van der Waals surface area contributed by atoms with Crippen molar-refractivity contribution in [1.82, 2.24) is 14.8 Å². The number of hydrogen-bond donors (Lipinski definition) is 1. The van der Waals surface area contributed by atoms with Gasteiger partial charge in [-0.1, -0.05) is 34.3 Å². The molecule has 0 bridgehead atoms. The van der Waals surface area contributed by atoms with Crippen LogP contribution in [0.2, 0.25) is 10.0 Å². The second kappa shape index (κ2) is 5.82. The molecule has 1 atom stereocenters. The zero-order valence-electron chi connectivity index (χ0n) is 14.4. The number of carbonyl (C=O) groups excluding carboxylic acids is 2. The van der Waals surface area contributed by atoms with Gasteiger partial charge in [-0.15, -0.1) is 0 Å². The number of nitrogens with one attached hydrogen (secondary N) is 1. The lowest BCUT2D eigenvalue weighted by Crippen LogP contribution is -2.63. The molecule has 1 unspecified atom stereocenters. The number of benzene rings is 1. The Morgan fingerprint density at radius 1 is 1.27 bits per heavy atom. The fourth-order valence-electron chi connectivity index (χ4n) is 3.31. The number of likely N-dealkylation sites (N-methyl/N-ethyl adjacent to an activating group) is 1. The zero-order chi connectivity index (χ0) is 18.7. The van der Waals surface area contributed by atoms with Crippen LogP contribution in [-0.2, 0) is 11.3 Å². The highest BCUT2D eigenvalue weighted by Gasteiger charge is 2.53. The predicted molar refractivity (Wildman–Crippen MR) is 96.8 cm³/mol. The Labute approximate surface area is 159 Å². The number of halogens is 2. The zero-order valence-corrected chi connectivity index (χ0v) is 15.9. The Morgan fingerprint density at radius 3 is 2.69 bits per heavy atom. The summed E-state index contributed by atoms with van der Waals surface area (Å²) in [6.07, 6.45) is 0. The number of urea groups is 1. The third-order valence-electron chi connectivity index (χ3n) is 4.86. The maximum atomic E-state index is 13.2. The van der Waals surface area contributed by atoms with Crippen molar-refractivity contribution in [2.75, 3.05) is 7.05 Å². The molecule has 0 radical (unpaired) electrons. The lowest BCUT2D eigenvalue weighted by Gasteiger charge is -2.33. The van der Waals surface area contributed by atoms with Gasteiger partial charge in [-0.05, 0) is 31.5 Å². The molecule has 26 heavy (non-hydrogen) atoms. The number of imidazole rings is 1. The first-order valence-corrected chi connectivity index (χ1v) is 8.77. The summed E-state index contributed by atoms with van der Waals surface area (Å²) in [4.78, 5) is 36.1. The van der Waals surface area contributed by atoms with Crippen molar-refractivity contribution in [3.63, 3.8) is 0 Å². The standard InChI is InChI=1S/C17H15Cl2N5O2/c1-8-9(2)24-13-14(21-16(24)20-8)22(3)17(26)23(15(13)25)7-10-4-5-11(18)6-12(10)19/h4-6,13H,7H2,1-3H3/p+1. The average Bonchev–Trinajstić information content (AvgIpc) is 3.08. The monoisotopic (exact) mass is 392 g/mol. The number of hydrogen-bond acceptors (Lipinski definition) is 3. The molecule has 2 aliphatic heterocycles. The summed E-state index contributed by atoms with van der Waals surface area (Å²) in [6.45, 7) is 3.90. The summed E-state index contributed by atoms with van der Waals surface area (Å²) in [5, 5.41) is 0.907. The highest BCUT2D eigenvalue weighted by atomic mass is 35.5. The molecule has 1 fully saturated rings. The van der Waals surface area contributed by atoms with Gasteiger partial charge < -0.3 is 0 Å². The second-order valence-corrected chi connectivity index (χ2v) is 7.25. The number of aliphatic imine (C=N–C) groups is 1. The van der Waals surface area contributed by atoms with Gasteiger partial charge in [0.1, 0.15) is 11.4 Å². The molecule has 3 amide bonds. The maximum Gasteiger partial charge on any atom is 0.399 e. The Hall–Kier alpha value is -2.38. The van der Waals surface area contributed by atoms with Crippen LogP contribution in [0, 0.1) is 13.8 Å². The van der Waals surface area contributed by atoms with Crippen molar-refractivity contribution < 1.29 is 14.2 Å². The molecular formula is C17H16Cl2N5O2+. The molecule has 0 spiro atoms. The average molecular weight is 393 g/mol. The van der Waals surface area contributed by atoms with Gasteiger partial charge in [0.25, 0.3) is 5.91 Å². The van der Waals surface area contributed by atoms with E-state index in [4.69, 9.17) is 23.2 Å². The number of rotatable bonds is 2. The highest BCUT2D eigenvalue weighted by molar-refractivity contribution is 6.35. The number of nitrogens with zero attached hydrogens (tertiary/aromatic N) is 4. The van der Waals surface area contributed by atoms with Gasteiger partial charge in [0.2, 0.25) is 11.9 Å². The molecule has 1 aromatic heterocycles. The largest absolute Gasteiger partial charge is 0.399 e. The van der Waals surface area contributed by atoms with E-state index in [9.17, 15) is 9.59 Å². The van der Waals surface area contributed by atoms with E-state index in [1.807, 2.05) is 18.4 Å². The van der Waals surface area contributed by atoms with Crippen LogP contribution in [0.3, 0.4) is 0 Å². The molecule has 134 valence electrons. The van der Waals surface area contributed by atoms with Crippen LogP contribution in [0.1, 0.15) is 23.0 Å². The van der Waals surface area contributed by atoms with Crippen LogP contribution in [0.15, 0.2) is 23.2 Å². The van der Waals surface area contributed by atoms with Gasteiger partial charge in [0.05, 0.1) is 6.54 Å². The lowest BCUT2D eigenvalue weighted by molar-refractivity contribution is -0.682. The minimum absolute atomic E-state index is 0.0696. The fraction of sp³-hybridized carbons (Fsp3) is 0.294. The van der Waals surface area contributed by atoms with Gasteiger partial charge in [-0.2, -0.15) is 0 Å². The van der Waals surface area contributed by atoms with Crippen LogP contribution in [0.4, 0.5) is 10.7 Å². The third-order valence-corrected chi connectivity index (χ3v) is 5.45. The summed E-state index contributed by atoms with van der Waals surface area (Å²) in [5.74, 6) is 0.663. The van der Waals surface area contributed by atoms with Gasteiger partial charge in [-0.3, -0.25) is 14.6 Å². The first kappa shape index (κ1) is 17.1. The van der Waals surface area contributed by atoms with Crippen LogP contribution < -0.4 is 4.57 Å². The van der Waals surface area contributed by atoms with E-state index in [0.29, 0.717) is 27.4 Å².